The van der Waals surface area contributed by atoms with Gasteiger partial charge in [-0.05, 0) is 46.8 Å². The number of anilines is 1. The van der Waals surface area contributed by atoms with Crippen molar-refractivity contribution in [3.8, 4) is 17.2 Å². The van der Waals surface area contributed by atoms with E-state index in [0.717, 1.165) is 24.2 Å². The number of rotatable bonds is 7. The van der Waals surface area contributed by atoms with Crippen molar-refractivity contribution in [2.24, 2.45) is 0 Å². The number of phenols is 1. The Morgan fingerprint density at radius 2 is 1.84 bits per heavy atom. The molecule has 1 unspecified atom stereocenters. The van der Waals surface area contributed by atoms with E-state index in [2.05, 4.69) is 30.3 Å². The number of hydrogen-bond acceptors (Lipinski definition) is 10. The fraction of sp³-hybridized carbons (Fsp3) is 0.360. The average molecular weight is 506 g/mol. The Morgan fingerprint density at radius 1 is 1.08 bits per heavy atom. The van der Waals surface area contributed by atoms with Crippen LogP contribution in [0.5, 0.6) is 17.2 Å². The average Bonchev–Trinajstić information content (AvgIpc) is 3.57. The first-order valence-electron chi connectivity index (χ1n) is 12.1. The Labute approximate surface area is 212 Å². The van der Waals surface area contributed by atoms with Gasteiger partial charge in [0.1, 0.15) is 11.8 Å². The fourth-order valence-electron chi connectivity index (χ4n) is 4.96. The second-order valence-electron chi connectivity index (χ2n) is 9.04. The third kappa shape index (κ3) is 4.45. The van der Waals surface area contributed by atoms with Crippen LogP contribution in [-0.2, 0) is 11.3 Å². The zero-order valence-electron chi connectivity index (χ0n) is 20.3. The highest BCUT2D eigenvalue weighted by atomic mass is 16.7. The van der Waals surface area contributed by atoms with Gasteiger partial charge in [0.2, 0.25) is 6.79 Å². The van der Waals surface area contributed by atoms with E-state index in [-0.39, 0.29) is 18.1 Å². The molecule has 12 heteroatoms. The summed E-state index contributed by atoms with van der Waals surface area (Å²) in [6.45, 7) is 3.91. The molecule has 2 N–H and O–H groups in total. The molecule has 192 valence electrons. The molecule has 0 radical (unpaired) electrons. The maximum Gasteiger partial charge on any atom is 0.253 e. The normalized spacial score (nSPS) is 16.4. The molecule has 2 aliphatic rings. The Bertz CT molecular complexity index is 1460. The van der Waals surface area contributed by atoms with Crippen LogP contribution in [0.1, 0.15) is 17.4 Å². The van der Waals surface area contributed by atoms with Gasteiger partial charge in [0, 0.05) is 56.0 Å². The van der Waals surface area contributed by atoms with Crippen molar-refractivity contribution in [1.82, 2.24) is 30.1 Å². The Morgan fingerprint density at radius 3 is 2.59 bits per heavy atom. The quantitative estimate of drug-likeness (QED) is 0.381. The molecule has 37 heavy (non-hydrogen) atoms. The summed E-state index contributed by atoms with van der Waals surface area (Å²) in [5.41, 5.74) is 2.06. The molecule has 2 aromatic carbocycles. The Balaban J connectivity index is 1.37. The highest BCUT2D eigenvalue weighted by Crippen LogP contribution is 2.36. The van der Waals surface area contributed by atoms with Crippen LogP contribution in [0.25, 0.3) is 10.9 Å². The van der Waals surface area contributed by atoms with E-state index in [1.165, 1.54) is 0 Å². The van der Waals surface area contributed by atoms with Gasteiger partial charge in [-0.25, -0.2) is 4.68 Å². The number of hydrogen-bond donors (Lipinski definition) is 2. The minimum absolute atomic E-state index is 0.158. The molecule has 4 heterocycles. The van der Waals surface area contributed by atoms with Crippen LogP contribution in [0.2, 0.25) is 0 Å². The van der Waals surface area contributed by atoms with Gasteiger partial charge in [0.15, 0.2) is 17.3 Å². The number of aromatic hydroxyl groups is 1. The van der Waals surface area contributed by atoms with Gasteiger partial charge < -0.3 is 29.2 Å². The van der Waals surface area contributed by atoms with Gasteiger partial charge in [-0.15, -0.1) is 5.10 Å². The standard InChI is InChI=1S/C25H27N7O5/c1-35-11-10-32-24(27-28-29-32)23(31-8-6-30(7-9-31)17-2-4-18(33)5-3-17)19-12-16-13-21-22(37-15-36-21)14-20(16)26-25(19)34/h2-5,12-14,23,33H,6-11,15H2,1H3,(H,26,34). The summed E-state index contributed by atoms with van der Waals surface area (Å²) in [5.74, 6) is 2.08. The zero-order chi connectivity index (χ0) is 25.4. The van der Waals surface area contributed by atoms with Crippen molar-refractivity contribution >= 4 is 16.6 Å². The first-order valence-corrected chi connectivity index (χ1v) is 12.1. The second-order valence-corrected chi connectivity index (χ2v) is 9.04. The number of methoxy groups -OCH3 is 1. The number of tetrazole rings is 1. The Hall–Kier alpha value is -4.16. The lowest BCUT2D eigenvalue weighted by Crippen LogP contribution is -2.49. The van der Waals surface area contributed by atoms with Gasteiger partial charge >= 0.3 is 0 Å². The summed E-state index contributed by atoms with van der Waals surface area (Å²) in [7, 11) is 1.63. The van der Waals surface area contributed by atoms with Gasteiger partial charge in [0.25, 0.3) is 5.56 Å². The minimum Gasteiger partial charge on any atom is -0.508 e. The van der Waals surface area contributed by atoms with Gasteiger partial charge in [-0.2, -0.15) is 0 Å². The third-order valence-corrected chi connectivity index (χ3v) is 6.87. The SMILES string of the molecule is COCCn1nnnc1C(c1cc2cc3c(cc2[nH]c1=O)OCO3)N1CCN(c2ccc(O)cc2)CC1. The number of fused-ring (bicyclic) bond motifs is 2. The maximum absolute atomic E-state index is 13.5. The number of pyridine rings is 1. The van der Waals surface area contributed by atoms with E-state index < -0.39 is 6.04 Å². The molecule has 2 aliphatic heterocycles. The van der Waals surface area contributed by atoms with Gasteiger partial charge in [-0.1, -0.05) is 0 Å². The number of nitrogens with zero attached hydrogens (tertiary/aromatic N) is 6. The number of phenolic OH excluding ortho intramolecular Hbond substituents is 1. The summed E-state index contributed by atoms with van der Waals surface area (Å²) in [6.07, 6.45) is 0. The topological polar surface area (TPSA) is 131 Å². The number of H-pyrrole nitrogens is 1. The largest absolute Gasteiger partial charge is 0.508 e. The molecule has 0 amide bonds. The zero-order valence-corrected chi connectivity index (χ0v) is 20.3. The molecule has 0 aliphatic carbocycles. The predicted molar refractivity (Wildman–Crippen MR) is 134 cm³/mol. The number of nitrogens with one attached hydrogen (secondary N) is 1. The molecular weight excluding hydrogens is 478 g/mol. The lowest BCUT2D eigenvalue weighted by atomic mass is 10.0. The molecule has 0 bridgehead atoms. The third-order valence-electron chi connectivity index (χ3n) is 6.87. The number of piperazine rings is 1. The van der Waals surface area contributed by atoms with E-state index in [9.17, 15) is 9.90 Å². The smallest absolute Gasteiger partial charge is 0.253 e. The van der Waals surface area contributed by atoms with E-state index in [4.69, 9.17) is 14.2 Å². The molecule has 1 saturated heterocycles. The molecule has 1 fully saturated rings. The molecule has 6 rings (SSSR count). The summed E-state index contributed by atoms with van der Waals surface area (Å²) in [5, 5.41) is 22.9. The molecule has 0 saturated carbocycles. The van der Waals surface area contributed by atoms with Crippen LogP contribution in [0, 0.1) is 0 Å². The monoisotopic (exact) mass is 505 g/mol. The van der Waals surface area contributed by atoms with Crippen molar-refractivity contribution in [3.63, 3.8) is 0 Å². The minimum atomic E-state index is -0.465. The number of aromatic nitrogens is 5. The molecule has 4 aromatic rings. The molecule has 1 atom stereocenters. The highest BCUT2D eigenvalue weighted by Gasteiger charge is 2.33. The van der Waals surface area contributed by atoms with Crippen molar-refractivity contribution in [2.75, 3.05) is 51.6 Å². The molecule has 12 nitrogen and oxygen atoms in total. The molecule has 2 aromatic heterocycles. The molecular formula is C25H27N7O5. The van der Waals surface area contributed by atoms with Crippen molar-refractivity contribution in [1.29, 1.82) is 0 Å². The number of aromatic amines is 1. The van der Waals surface area contributed by atoms with Crippen LogP contribution in [0.15, 0.2) is 47.3 Å². The summed E-state index contributed by atoms with van der Waals surface area (Å²) < 4.78 is 18.0. The van der Waals surface area contributed by atoms with Crippen LogP contribution in [0.3, 0.4) is 0 Å². The van der Waals surface area contributed by atoms with Gasteiger partial charge in [-0.3, -0.25) is 9.69 Å². The van der Waals surface area contributed by atoms with E-state index in [1.54, 1.807) is 30.0 Å². The van der Waals surface area contributed by atoms with Crippen molar-refractivity contribution in [2.45, 2.75) is 12.6 Å². The summed E-state index contributed by atoms with van der Waals surface area (Å²) in [4.78, 5) is 21.0. The number of benzene rings is 2. The van der Waals surface area contributed by atoms with Crippen molar-refractivity contribution < 1.29 is 19.3 Å². The summed E-state index contributed by atoms with van der Waals surface area (Å²) >= 11 is 0. The summed E-state index contributed by atoms with van der Waals surface area (Å²) in [6, 6.07) is 12.3. The number of ether oxygens (including phenoxy) is 3. The van der Waals surface area contributed by atoms with Crippen LogP contribution < -0.4 is 19.9 Å². The fourth-order valence-corrected chi connectivity index (χ4v) is 4.96. The first-order chi connectivity index (χ1) is 18.1. The van der Waals surface area contributed by atoms with E-state index >= 15 is 0 Å². The Kier molecular flexibility index (Phi) is 6.10. The van der Waals surface area contributed by atoms with Gasteiger partial charge in [0.05, 0.1) is 18.7 Å². The second kappa shape index (κ2) is 9.71. The first kappa shape index (κ1) is 23.3. The highest BCUT2D eigenvalue weighted by molar-refractivity contribution is 5.83. The predicted octanol–water partition coefficient (Wildman–Crippen LogP) is 1.51. The van der Waals surface area contributed by atoms with E-state index in [1.807, 2.05) is 24.3 Å². The van der Waals surface area contributed by atoms with E-state index in [0.29, 0.717) is 54.6 Å². The maximum atomic E-state index is 13.5. The lowest BCUT2D eigenvalue weighted by molar-refractivity contribution is 0.171. The van der Waals surface area contributed by atoms with Crippen molar-refractivity contribution in [3.05, 3.63) is 64.2 Å². The van der Waals surface area contributed by atoms with Crippen LogP contribution >= 0.6 is 0 Å². The molecule has 0 spiro atoms. The van der Waals surface area contributed by atoms with Crippen LogP contribution in [0.4, 0.5) is 5.69 Å². The lowest BCUT2D eigenvalue weighted by Gasteiger charge is -2.39. The van der Waals surface area contributed by atoms with Crippen LogP contribution in [-0.4, -0.2) is 81.9 Å².